The number of nitro benzene ring substituents is 1. The number of hydrogen-bond acceptors (Lipinski definition) is 4. The predicted molar refractivity (Wildman–Crippen MR) is 68.9 cm³/mol. The lowest BCUT2D eigenvalue weighted by molar-refractivity contribution is -0.387. The van der Waals surface area contributed by atoms with Crippen LogP contribution in [0.3, 0.4) is 0 Å². The van der Waals surface area contributed by atoms with E-state index in [9.17, 15) is 23.7 Å². The van der Waals surface area contributed by atoms with Gasteiger partial charge < -0.3 is 10.1 Å². The highest BCUT2D eigenvalue weighted by Gasteiger charge is 2.38. The number of benzene rings is 1. The molecule has 1 aromatic rings. The Morgan fingerprint density at radius 3 is 2.62 bits per heavy atom. The molecule has 0 saturated heterocycles. The van der Waals surface area contributed by atoms with Gasteiger partial charge >= 0.3 is 5.69 Å². The van der Waals surface area contributed by atoms with E-state index in [0.717, 1.165) is 19.3 Å². The summed E-state index contributed by atoms with van der Waals surface area (Å²) in [6, 6.07) is 1.38. The molecule has 0 spiro atoms. The van der Waals surface area contributed by atoms with Crippen LogP contribution in [0.2, 0.25) is 0 Å². The van der Waals surface area contributed by atoms with Crippen LogP contribution in [0.5, 0.6) is 0 Å². The minimum atomic E-state index is -1.47. The zero-order chi connectivity index (χ0) is 15.6. The number of nitro groups is 1. The molecule has 1 fully saturated rings. The maximum Gasteiger partial charge on any atom is 0.305 e. The van der Waals surface area contributed by atoms with Crippen molar-refractivity contribution in [1.29, 1.82) is 0 Å². The van der Waals surface area contributed by atoms with Gasteiger partial charge in [-0.15, -0.1) is 0 Å². The van der Waals surface area contributed by atoms with Crippen LogP contribution in [0.4, 0.5) is 14.5 Å². The van der Waals surface area contributed by atoms with Crippen LogP contribution < -0.4 is 5.32 Å². The first-order chi connectivity index (χ1) is 9.90. The molecule has 0 atom stereocenters. The topological polar surface area (TPSA) is 81.5 Å². The number of halogens is 2. The fourth-order valence-corrected chi connectivity index (χ4v) is 2.24. The van der Waals surface area contributed by atoms with Gasteiger partial charge in [0.25, 0.3) is 5.91 Å². The molecule has 0 aliphatic heterocycles. The number of hydrogen-bond donors (Lipinski definition) is 1. The average molecular weight is 300 g/mol. The van der Waals surface area contributed by atoms with Crippen LogP contribution >= 0.6 is 0 Å². The third-order valence-corrected chi connectivity index (χ3v) is 3.76. The highest BCUT2D eigenvalue weighted by Crippen LogP contribution is 2.34. The molecular weight excluding hydrogens is 286 g/mol. The fourth-order valence-electron chi connectivity index (χ4n) is 2.24. The first-order valence-corrected chi connectivity index (χ1v) is 6.36. The van der Waals surface area contributed by atoms with E-state index in [4.69, 9.17) is 4.74 Å². The molecule has 21 heavy (non-hydrogen) atoms. The first-order valence-electron chi connectivity index (χ1n) is 6.36. The van der Waals surface area contributed by atoms with Crippen LogP contribution in [-0.4, -0.2) is 30.1 Å². The smallest absolute Gasteiger partial charge is 0.305 e. The van der Waals surface area contributed by atoms with Crippen molar-refractivity contribution in [1.82, 2.24) is 5.32 Å². The Bertz CT molecular complexity index is 582. The van der Waals surface area contributed by atoms with Gasteiger partial charge in [0.05, 0.1) is 10.5 Å². The van der Waals surface area contributed by atoms with E-state index in [1.807, 2.05) is 0 Å². The van der Waals surface area contributed by atoms with Gasteiger partial charge in [-0.3, -0.25) is 14.9 Å². The molecule has 8 heteroatoms. The Morgan fingerprint density at radius 2 is 2.14 bits per heavy atom. The minimum Gasteiger partial charge on any atom is -0.376 e. The number of carbonyl (C=O) groups is 1. The van der Waals surface area contributed by atoms with Crippen molar-refractivity contribution in [2.24, 2.45) is 0 Å². The quantitative estimate of drug-likeness (QED) is 0.667. The summed E-state index contributed by atoms with van der Waals surface area (Å²) in [4.78, 5) is 21.5. The summed E-state index contributed by atoms with van der Waals surface area (Å²) in [6.45, 7) is 0.101. The molecule has 1 aliphatic carbocycles. The van der Waals surface area contributed by atoms with Gasteiger partial charge in [-0.2, -0.15) is 4.39 Å². The third kappa shape index (κ3) is 2.85. The fraction of sp³-hybridized carbons (Fsp3) is 0.462. The zero-order valence-corrected chi connectivity index (χ0v) is 11.3. The van der Waals surface area contributed by atoms with Crippen LogP contribution in [0.25, 0.3) is 0 Å². The van der Waals surface area contributed by atoms with Crippen molar-refractivity contribution in [2.45, 2.75) is 24.9 Å². The number of nitrogens with zero attached hydrogens (tertiary/aromatic N) is 1. The molecule has 6 nitrogen and oxygen atoms in total. The molecule has 0 unspecified atom stereocenters. The van der Waals surface area contributed by atoms with Crippen molar-refractivity contribution in [3.8, 4) is 0 Å². The van der Waals surface area contributed by atoms with Crippen LogP contribution in [-0.2, 0) is 4.74 Å². The van der Waals surface area contributed by atoms with Gasteiger partial charge in [-0.25, -0.2) is 4.39 Å². The molecule has 1 saturated carbocycles. The summed E-state index contributed by atoms with van der Waals surface area (Å²) >= 11 is 0. The predicted octanol–water partition coefficient (Wildman–Crippen LogP) is 2.17. The number of amides is 1. The summed E-state index contributed by atoms with van der Waals surface area (Å²) in [5.74, 6) is -3.65. The summed E-state index contributed by atoms with van der Waals surface area (Å²) in [6.07, 6.45) is 2.43. The molecular formula is C13H14F2N2O4. The standard InChI is InChI=1S/C13H14F2N2O4/c1-21-13(5-2-6-13)7-16-12(18)10-8(14)3-4-9(11(10)15)17(19)20/h3-4H,2,5-7H2,1H3,(H,16,18). The van der Waals surface area contributed by atoms with Gasteiger partial charge in [0.1, 0.15) is 11.4 Å². The number of ether oxygens (including phenoxy) is 1. The van der Waals surface area contributed by atoms with E-state index in [-0.39, 0.29) is 6.54 Å². The monoisotopic (exact) mass is 300 g/mol. The maximum absolute atomic E-state index is 13.9. The normalized spacial score (nSPS) is 16.1. The Balaban J connectivity index is 2.19. The van der Waals surface area contributed by atoms with Crippen molar-refractivity contribution in [2.75, 3.05) is 13.7 Å². The van der Waals surface area contributed by atoms with Gasteiger partial charge in [0, 0.05) is 19.7 Å². The molecule has 0 heterocycles. The summed E-state index contributed by atoms with van der Waals surface area (Å²) in [5.41, 5.74) is -2.40. The lowest BCUT2D eigenvalue weighted by Crippen LogP contribution is -2.49. The van der Waals surface area contributed by atoms with E-state index < -0.39 is 39.3 Å². The van der Waals surface area contributed by atoms with Crippen LogP contribution in [0.1, 0.15) is 29.6 Å². The highest BCUT2D eigenvalue weighted by atomic mass is 19.1. The molecule has 0 radical (unpaired) electrons. The minimum absolute atomic E-state index is 0.101. The van der Waals surface area contributed by atoms with Crippen molar-refractivity contribution in [3.63, 3.8) is 0 Å². The van der Waals surface area contributed by atoms with Gasteiger partial charge in [0.2, 0.25) is 5.82 Å². The van der Waals surface area contributed by atoms with Crippen LogP contribution in [0, 0.1) is 21.7 Å². The van der Waals surface area contributed by atoms with E-state index in [1.165, 1.54) is 7.11 Å². The number of nitrogens with one attached hydrogen (secondary N) is 1. The molecule has 1 amide bonds. The van der Waals surface area contributed by atoms with E-state index in [1.54, 1.807) is 0 Å². The first kappa shape index (κ1) is 15.3. The molecule has 1 N–H and O–H groups in total. The summed E-state index contributed by atoms with van der Waals surface area (Å²) < 4.78 is 32.7. The largest absolute Gasteiger partial charge is 0.376 e. The number of carbonyl (C=O) groups excluding carboxylic acids is 1. The lowest BCUT2D eigenvalue weighted by Gasteiger charge is -2.40. The second-order valence-electron chi connectivity index (χ2n) is 4.94. The van der Waals surface area contributed by atoms with Gasteiger partial charge in [0.15, 0.2) is 0 Å². The Morgan fingerprint density at radius 1 is 1.48 bits per heavy atom. The molecule has 1 aliphatic rings. The Hall–Kier alpha value is -2.09. The molecule has 1 aromatic carbocycles. The Labute approximate surface area is 119 Å². The second-order valence-corrected chi connectivity index (χ2v) is 4.94. The summed E-state index contributed by atoms with van der Waals surface area (Å²) in [7, 11) is 1.50. The molecule has 0 aromatic heterocycles. The van der Waals surface area contributed by atoms with Crippen molar-refractivity contribution < 1.29 is 23.2 Å². The van der Waals surface area contributed by atoms with Crippen LogP contribution in [0.15, 0.2) is 12.1 Å². The lowest BCUT2D eigenvalue weighted by atomic mass is 9.80. The zero-order valence-electron chi connectivity index (χ0n) is 11.3. The molecule has 0 bridgehead atoms. The molecule has 114 valence electrons. The van der Waals surface area contributed by atoms with Gasteiger partial charge in [-0.1, -0.05) is 0 Å². The molecule has 2 rings (SSSR count). The van der Waals surface area contributed by atoms with Gasteiger partial charge in [-0.05, 0) is 25.3 Å². The highest BCUT2D eigenvalue weighted by molar-refractivity contribution is 5.95. The number of rotatable bonds is 5. The van der Waals surface area contributed by atoms with E-state index >= 15 is 0 Å². The Kier molecular flexibility index (Phi) is 4.17. The number of methoxy groups -OCH3 is 1. The average Bonchev–Trinajstić information content (AvgIpc) is 2.37. The van der Waals surface area contributed by atoms with Crippen molar-refractivity contribution in [3.05, 3.63) is 39.4 Å². The third-order valence-electron chi connectivity index (χ3n) is 3.76. The van der Waals surface area contributed by atoms with E-state index in [0.29, 0.717) is 12.1 Å². The summed E-state index contributed by atoms with van der Waals surface area (Å²) in [5, 5.41) is 13.0. The van der Waals surface area contributed by atoms with E-state index in [2.05, 4.69) is 5.32 Å². The second kappa shape index (κ2) is 5.72. The SMILES string of the molecule is COC1(CNC(=O)c2c(F)ccc([N+](=O)[O-])c2F)CCC1. The maximum atomic E-state index is 13.9. The van der Waals surface area contributed by atoms with Crippen molar-refractivity contribution >= 4 is 11.6 Å².